The lowest BCUT2D eigenvalue weighted by molar-refractivity contribution is -0.123. The van der Waals surface area contributed by atoms with Crippen molar-refractivity contribution < 1.29 is 19.1 Å². The van der Waals surface area contributed by atoms with Crippen LogP contribution in [0.15, 0.2) is 36.5 Å². The Morgan fingerprint density at radius 3 is 2.57 bits per heavy atom. The van der Waals surface area contributed by atoms with Crippen LogP contribution in [0.25, 0.3) is 0 Å². The van der Waals surface area contributed by atoms with Crippen molar-refractivity contribution in [2.75, 3.05) is 50.7 Å². The second kappa shape index (κ2) is 8.35. The quantitative estimate of drug-likeness (QED) is 0.813. The molecule has 30 heavy (non-hydrogen) atoms. The summed E-state index contributed by atoms with van der Waals surface area (Å²) in [6, 6.07) is 8.97. The number of aromatic nitrogens is 2. The van der Waals surface area contributed by atoms with Gasteiger partial charge < -0.3 is 19.7 Å². The van der Waals surface area contributed by atoms with E-state index >= 15 is 0 Å². The average molecular weight is 413 g/mol. The van der Waals surface area contributed by atoms with Crippen LogP contribution in [0.1, 0.15) is 19.3 Å². The number of piperidine rings is 1. The number of likely N-dealkylation sites (tertiary alicyclic amines) is 1. The Bertz CT molecular complexity index is 902. The standard InChI is InChI=1S/C21H27N5O4/c1-29-14-13-25-18-7-10-22-26(18)21(15-19(25)27)8-11-24(12-9-21)20(28)23-16-3-5-17(30-2)6-4-16/h3-7,10H,8-9,11-15H2,1-2H3,(H,23,28). The molecule has 1 fully saturated rings. The summed E-state index contributed by atoms with van der Waals surface area (Å²) < 4.78 is 12.3. The second-order valence-electron chi connectivity index (χ2n) is 7.69. The molecule has 0 saturated carbocycles. The summed E-state index contributed by atoms with van der Waals surface area (Å²) in [7, 11) is 3.23. The first-order valence-corrected chi connectivity index (χ1v) is 10.1. The van der Waals surface area contributed by atoms with Gasteiger partial charge in [0.25, 0.3) is 0 Å². The third-order valence-electron chi connectivity index (χ3n) is 5.97. The largest absolute Gasteiger partial charge is 0.497 e. The number of carbonyl (C=O) groups excluding carboxylic acids is 2. The topological polar surface area (TPSA) is 88.9 Å². The second-order valence-corrected chi connectivity index (χ2v) is 7.69. The minimum absolute atomic E-state index is 0.0798. The van der Waals surface area contributed by atoms with E-state index in [2.05, 4.69) is 10.4 Å². The molecule has 9 heteroatoms. The molecule has 0 radical (unpaired) electrons. The number of benzene rings is 1. The highest BCUT2D eigenvalue weighted by atomic mass is 16.5. The number of nitrogens with zero attached hydrogens (tertiary/aromatic N) is 4. The number of fused-ring (bicyclic) bond motifs is 2. The van der Waals surface area contributed by atoms with Gasteiger partial charge in [0, 0.05) is 32.0 Å². The summed E-state index contributed by atoms with van der Waals surface area (Å²) in [4.78, 5) is 29.1. The minimum Gasteiger partial charge on any atom is -0.497 e. The van der Waals surface area contributed by atoms with Crippen molar-refractivity contribution in [2.45, 2.75) is 24.8 Å². The van der Waals surface area contributed by atoms with Gasteiger partial charge in [-0.1, -0.05) is 0 Å². The zero-order valence-electron chi connectivity index (χ0n) is 17.3. The van der Waals surface area contributed by atoms with Crippen LogP contribution in [-0.2, 0) is 15.1 Å². The molecule has 0 unspecified atom stereocenters. The molecule has 1 saturated heterocycles. The number of methoxy groups -OCH3 is 2. The Morgan fingerprint density at radius 1 is 1.17 bits per heavy atom. The van der Waals surface area contributed by atoms with E-state index in [0.717, 1.165) is 17.3 Å². The Kier molecular flexibility index (Phi) is 5.63. The zero-order chi connectivity index (χ0) is 21.1. The molecule has 3 heterocycles. The summed E-state index contributed by atoms with van der Waals surface area (Å²) >= 11 is 0. The third-order valence-corrected chi connectivity index (χ3v) is 5.97. The SMILES string of the molecule is COCCN1C(=O)CC2(CCN(C(=O)Nc3ccc(OC)cc3)CC2)n2nccc21. The molecule has 0 aliphatic carbocycles. The third kappa shape index (κ3) is 3.72. The summed E-state index contributed by atoms with van der Waals surface area (Å²) in [5.74, 6) is 1.63. The van der Waals surface area contributed by atoms with Crippen molar-refractivity contribution in [1.82, 2.24) is 14.7 Å². The van der Waals surface area contributed by atoms with Crippen molar-refractivity contribution in [3.05, 3.63) is 36.5 Å². The molecule has 1 aromatic carbocycles. The lowest BCUT2D eigenvalue weighted by atomic mass is 9.82. The molecule has 1 N–H and O–H groups in total. The Balaban J connectivity index is 1.43. The van der Waals surface area contributed by atoms with Crippen molar-refractivity contribution >= 4 is 23.4 Å². The number of urea groups is 1. The fourth-order valence-corrected chi connectivity index (χ4v) is 4.26. The van der Waals surface area contributed by atoms with E-state index < -0.39 is 0 Å². The number of hydrogen-bond donors (Lipinski definition) is 1. The van der Waals surface area contributed by atoms with E-state index in [0.29, 0.717) is 45.5 Å². The van der Waals surface area contributed by atoms with Crippen molar-refractivity contribution in [3.8, 4) is 5.75 Å². The number of carbonyl (C=O) groups is 2. The molecule has 1 aromatic heterocycles. The van der Waals surface area contributed by atoms with Crippen LogP contribution in [0.3, 0.4) is 0 Å². The van der Waals surface area contributed by atoms with E-state index in [9.17, 15) is 9.59 Å². The number of anilines is 2. The van der Waals surface area contributed by atoms with Crippen LogP contribution in [-0.4, -0.2) is 67.1 Å². The highest BCUT2D eigenvalue weighted by Crippen LogP contribution is 2.40. The molecular formula is C21H27N5O4. The lowest BCUT2D eigenvalue weighted by Gasteiger charge is -2.46. The molecule has 3 amide bonds. The Labute approximate surface area is 175 Å². The minimum atomic E-state index is -0.379. The normalized spacial score (nSPS) is 17.7. The fraction of sp³-hybridized carbons (Fsp3) is 0.476. The van der Waals surface area contributed by atoms with E-state index in [1.54, 1.807) is 30.2 Å². The van der Waals surface area contributed by atoms with Crippen LogP contribution in [0, 0.1) is 0 Å². The number of ether oxygens (including phenoxy) is 2. The van der Waals surface area contributed by atoms with Crippen LogP contribution >= 0.6 is 0 Å². The van der Waals surface area contributed by atoms with Crippen molar-refractivity contribution in [1.29, 1.82) is 0 Å². The van der Waals surface area contributed by atoms with Gasteiger partial charge in [-0.05, 0) is 37.1 Å². The maximum Gasteiger partial charge on any atom is 0.321 e. The highest BCUT2D eigenvalue weighted by molar-refractivity contribution is 5.95. The van der Waals surface area contributed by atoms with Gasteiger partial charge in [0.2, 0.25) is 5.91 Å². The van der Waals surface area contributed by atoms with Crippen molar-refractivity contribution in [3.63, 3.8) is 0 Å². The molecular weight excluding hydrogens is 386 g/mol. The molecule has 1 spiro atoms. The number of amides is 3. The molecule has 2 aromatic rings. The van der Waals surface area contributed by atoms with Crippen LogP contribution in [0.5, 0.6) is 5.75 Å². The fourth-order valence-electron chi connectivity index (χ4n) is 4.26. The van der Waals surface area contributed by atoms with Crippen LogP contribution in [0.4, 0.5) is 16.3 Å². The van der Waals surface area contributed by atoms with E-state index in [4.69, 9.17) is 9.47 Å². The average Bonchev–Trinajstić information content (AvgIpc) is 3.25. The van der Waals surface area contributed by atoms with Gasteiger partial charge in [0.1, 0.15) is 11.6 Å². The van der Waals surface area contributed by atoms with Crippen molar-refractivity contribution in [2.24, 2.45) is 0 Å². The number of nitrogens with one attached hydrogen (secondary N) is 1. The van der Waals surface area contributed by atoms with Gasteiger partial charge in [0.15, 0.2) is 0 Å². The summed E-state index contributed by atoms with van der Waals surface area (Å²) in [5.41, 5.74) is 0.341. The maximum atomic E-state index is 12.9. The van der Waals surface area contributed by atoms with Crippen LogP contribution in [0.2, 0.25) is 0 Å². The predicted octanol–water partition coefficient (Wildman–Crippen LogP) is 2.30. The van der Waals surface area contributed by atoms with Gasteiger partial charge in [0.05, 0.1) is 38.4 Å². The summed E-state index contributed by atoms with van der Waals surface area (Å²) in [6.45, 7) is 2.11. The number of hydrogen-bond acceptors (Lipinski definition) is 5. The lowest BCUT2D eigenvalue weighted by Crippen LogP contribution is -2.55. The molecule has 9 nitrogen and oxygen atoms in total. The van der Waals surface area contributed by atoms with E-state index in [-0.39, 0.29) is 17.5 Å². The molecule has 0 bridgehead atoms. The molecule has 160 valence electrons. The summed E-state index contributed by atoms with van der Waals surface area (Å²) in [5, 5.41) is 7.46. The Hall–Kier alpha value is -3.07. The van der Waals surface area contributed by atoms with Gasteiger partial charge in [-0.3, -0.25) is 9.69 Å². The van der Waals surface area contributed by atoms with Gasteiger partial charge >= 0.3 is 6.03 Å². The van der Waals surface area contributed by atoms with Gasteiger partial charge in [-0.25, -0.2) is 9.48 Å². The molecule has 0 atom stereocenters. The maximum absolute atomic E-state index is 12.9. The molecule has 2 aliphatic rings. The first-order valence-electron chi connectivity index (χ1n) is 10.1. The molecule has 2 aliphatic heterocycles. The highest BCUT2D eigenvalue weighted by Gasteiger charge is 2.46. The first kappa shape index (κ1) is 20.2. The van der Waals surface area contributed by atoms with Gasteiger partial charge in [-0.15, -0.1) is 0 Å². The van der Waals surface area contributed by atoms with E-state index in [1.165, 1.54) is 0 Å². The van der Waals surface area contributed by atoms with Crippen LogP contribution < -0.4 is 15.0 Å². The predicted molar refractivity (Wildman–Crippen MR) is 112 cm³/mol. The molecule has 4 rings (SSSR count). The van der Waals surface area contributed by atoms with E-state index in [1.807, 2.05) is 35.0 Å². The number of rotatable bonds is 5. The monoisotopic (exact) mass is 413 g/mol. The zero-order valence-corrected chi connectivity index (χ0v) is 17.3. The smallest absolute Gasteiger partial charge is 0.321 e. The Morgan fingerprint density at radius 2 is 1.90 bits per heavy atom. The first-order chi connectivity index (χ1) is 14.6. The van der Waals surface area contributed by atoms with Gasteiger partial charge in [-0.2, -0.15) is 5.10 Å². The summed E-state index contributed by atoms with van der Waals surface area (Å²) in [6.07, 6.45) is 3.49.